The monoisotopic (exact) mass is 267 g/mol. The third-order valence-electron chi connectivity index (χ3n) is 3.76. The standard InChI is InChI=1S/C14H21NO4/c1-8(16)12-10-6-5-9(7-11(10)17)15(12)13(18)19-14(2,3)4/h9-10,12H,5-7H2,1-4H3/t9-,10+,12+/m0/s1. The summed E-state index contributed by atoms with van der Waals surface area (Å²) in [5.41, 5.74) is -0.598. The molecular weight excluding hydrogens is 246 g/mol. The Labute approximate surface area is 113 Å². The summed E-state index contributed by atoms with van der Waals surface area (Å²) < 4.78 is 5.37. The van der Waals surface area contributed by atoms with Crippen molar-refractivity contribution in [2.75, 3.05) is 0 Å². The summed E-state index contributed by atoms with van der Waals surface area (Å²) >= 11 is 0. The van der Waals surface area contributed by atoms with Gasteiger partial charge in [-0.25, -0.2) is 4.79 Å². The Morgan fingerprint density at radius 2 is 1.89 bits per heavy atom. The first-order valence-electron chi connectivity index (χ1n) is 6.75. The number of hydrogen-bond donors (Lipinski definition) is 0. The highest BCUT2D eigenvalue weighted by Crippen LogP contribution is 2.38. The highest BCUT2D eigenvalue weighted by atomic mass is 16.6. The fraction of sp³-hybridized carbons (Fsp3) is 0.786. The van der Waals surface area contributed by atoms with Crippen LogP contribution in [0.15, 0.2) is 0 Å². The lowest BCUT2D eigenvalue weighted by molar-refractivity contribution is -0.145. The van der Waals surface area contributed by atoms with Crippen molar-refractivity contribution in [1.29, 1.82) is 0 Å². The van der Waals surface area contributed by atoms with Gasteiger partial charge in [-0.3, -0.25) is 14.5 Å². The molecule has 2 saturated heterocycles. The van der Waals surface area contributed by atoms with E-state index in [9.17, 15) is 14.4 Å². The van der Waals surface area contributed by atoms with Crippen LogP contribution >= 0.6 is 0 Å². The van der Waals surface area contributed by atoms with Gasteiger partial charge < -0.3 is 4.74 Å². The van der Waals surface area contributed by atoms with Gasteiger partial charge in [0.15, 0.2) is 5.78 Å². The summed E-state index contributed by atoms with van der Waals surface area (Å²) in [6.07, 6.45) is 1.36. The molecular formula is C14H21NO4. The molecule has 3 atom stereocenters. The molecule has 5 nitrogen and oxygen atoms in total. The zero-order chi connectivity index (χ0) is 14.4. The molecule has 1 saturated carbocycles. The van der Waals surface area contributed by atoms with E-state index in [4.69, 9.17) is 4.74 Å². The maximum atomic E-state index is 12.3. The number of ketones is 2. The molecule has 3 aliphatic rings. The molecule has 0 aromatic carbocycles. The van der Waals surface area contributed by atoms with E-state index >= 15 is 0 Å². The van der Waals surface area contributed by atoms with Crippen LogP contribution in [0.2, 0.25) is 0 Å². The fourth-order valence-corrected chi connectivity index (χ4v) is 3.07. The molecule has 1 amide bonds. The first kappa shape index (κ1) is 14.0. The average Bonchev–Trinajstić information content (AvgIpc) is 2.25. The van der Waals surface area contributed by atoms with Crippen molar-refractivity contribution in [3.63, 3.8) is 0 Å². The molecule has 1 aliphatic carbocycles. The summed E-state index contributed by atoms with van der Waals surface area (Å²) in [6, 6.07) is -0.809. The Morgan fingerprint density at radius 3 is 2.37 bits per heavy atom. The number of fused-ring (bicyclic) bond motifs is 3. The van der Waals surface area contributed by atoms with E-state index in [1.807, 2.05) is 0 Å². The van der Waals surface area contributed by atoms with Crippen molar-refractivity contribution in [2.45, 2.75) is 64.6 Å². The number of carbonyl (C=O) groups is 3. The lowest BCUT2D eigenvalue weighted by Gasteiger charge is -2.49. The number of carbonyl (C=O) groups excluding carboxylic acids is 3. The highest BCUT2D eigenvalue weighted by Gasteiger charge is 2.51. The lowest BCUT2D eigenvalue weighted by atomic mass is 9.73. The number of amides is 1. The SMILES string of the molecule is CC(=O)[C@@H]1[C@@H]2CC[C@@H](CC2=O)N1C(=O)OC(C)(C)C. The smallest absolute Gasteiger partial charge is 0.411 e. The minimum Gasteiger partial charge on any atom is -0.444 e. The summed E-state index contributed by atoms with van der Waals surface area (Å²) in [7, 11) is 0. The zero-order valence-corrected chi connectivity index (χ0v) is 11.9. The number of piperidine rings is 2. The van der Waals surface area contributed by atoms with Gasteiger partial charge in [-0.2, -0.15) is 0 Å². The van der Waals surface area contributed by atoms with Gasteiger partial charge in [-0.15, -0.1) is 0 Å². The van der Waals surface area contributed by atoms with Crippen LogP contribution in [-0.4, -0.2) is 40.2 Å². The molecule has 2 heterocycles. The second-order valence-electron chi connectivity index (χ2n) is 6.45. The van der Waals surface area contributed by atoms with Gasteiger partial charge in [0.05, 0.1) is 0 Å². The Balaban J connectivity index is 2.25. The minimum atomic E-state index is -0.630. The van der Waals surface area contributed by atoms with Gasteiger partial charge in [0.1, 0.15) is 17.4 Å². The Hall–Kier alpha value is -1.39. The van der Waals surface area contributed by atoms with E-state index in [0.29, 0.717) is 12.8 Å². The lowest BCUT2D eigenvalue weighted by Crippen LogP contribution is -2.63. The topological polar surface area (TPSA) is 63.7 Å². The first-order chi connectivity index (χ1) is 8.70. The summed E-state index contributed by atoms with van der Waals surface area (Å²) in [6.45, 7) is 6.82. The molecule has 106 valence electrons. The van der Waals surface area contributed by atoms with Crippen LogP contribution in [0.1, 0.15) is 47.0 Å². The van der Waals surface area contributed by atoms with E-state index in [1.165, 1.54) is 11.8 Å². The van der Waals surface area contributed by atoms with Crippen molar-refractivity contribution in [1.82, 2.24) is 4.90 Å². The summed E-state index contributed by atoms with van der Waals surface area (Å²) in [4.78, 5) is 37.5. The van der Waals surface area contributed by atoms with Crippen LogP contribution in [0.5, 0.6) is 0 Å². The second-order valence-corrected chi connectivity index (χ2v) is 6.45. The van der Waals surface area contributed by atoms with Gasteiger partial charge >= 0.3 is 6.09 Å². The maximum Gasteiger partial charge on any atom is 0.411 e. The van der Waals surface area contributed by atoms with E-state index < -0.39 is 17.7 Å². The molecule has 2 bridgehead atoms. The van der Waals surface area contributed by atoms with Crippen LogP contribution < -0.4 is 0 Å². The van der Waals surface area contributed by atoms with Crippen LogP contribution in [0, 0.1) is 5.92 Å². The van der Waals surface area contributed by atoms with Crippen LogP contribution in [-0.2, 0) is 14.3 Å². The Kier molecular flexibility index (Phi) is 3.41. The third kappa shape index (κ3) is 2.65. The second kappa shape index (κ2) is 4.62. The van der Waals surface area contributed by atoms with Crippen molar-refractivity contribution in [2.24, 2.45) is 5.92 Å². The summed E-state index contributed by atoms with van der Waals surface area (Å²) in [5, 5.41) is 0. The van der Waals surface area contributed by atoms with E-state index in [1.54, 1.807) is 20.8 Å². The largest absolute Gasteiger partial charge is 0.444 e. The Morgan fingerprint density at radius 1 is 1.26 bits per heavy atom. The molecule has 19 heavy (non-hydrogen) atoms. The number of nitrogens with zero attached hydrogens (tertiary/aromatic N) is 1. The van der Waals surface area contributed by atoms with Gasteiger partial charge in [-0.1, -0.05) is 0 Å². The van der Waals surface area contributed by atoms with Crippen molar-refractivity contribution >= 4 is 17.7 Å². The highest BCUT2D eigenvalue weighted by molar-refractivity contribution is 5.96. The van der Waals surface area contributed by atoms with Crippen molar-refractivity contribution in [3.8, 4) is 0 Å². The molecule has 0 spiro atoms. The molecule has 0 aromatic rings. The number of hydrogen-bond acceptors (Lipinski definition) is 4. The predicted molar refractivity (Wildman–Crippen MR) is 68.7 cm³/mol. The van der Waals surface area contributed by atoms with Crippen LogP contribution in [0.25, 0.3) is 0 Å². The van der Waals surface area contributed by atoms with E-state index in [0.717, 1.165) is 6.42 Å². The normalized spacial score (nSPS) is 30.4. The third-order valence-corrected chi connectivity index (χ3v) is 3.76. The average molecular weight is 267 g/mol. The number of ether oxygens (including phenoxy) is 1. The Bertz CT molecular complexity index is 424. The molecule has 3 rings (SSSR count). The van der Waals surface area contributed by atoms with Gasteiger partial charge in [-0.05, 0) is 40.5 Å². The minimum absolute atomic E-state index is 0.108. The van der Waals surface area contributed by atoms with Crippen molar-refractivity contribution < 1.29 is 19.1 Å². The van der Waals surface area contributed by atoms with E-state index in [-0.39, 0.29) is 23.5 Å². The maximum absolute atomic E-state index is 12.3. The van der Waals surface area contributed by atoms with Gasteiger partial charge in [0.2, 0.25) is 0 Å². The van der Waals surface area contributed by atoms with Gasteiger partial charge in [0.25, 0.3) is 0 Å². The summed E-state index contributed by atoms with van der Waals surface area (Å²) in [5.74, 6) is -0.361. The van der Waals surface area contributed by atoms with Crippen molar-refractivity contribution in [3.05, 3.63) is 0 Å². The van der Waals surface area contributed by atoms with Gasteiger partial charge in [0, 0.05) is 18.4 Å². The fourth-order valence-electron chi connectivity index (χ4n) is 3.07. The molecule has 0 aromatic heterocycles. The van der Waals surface area contributed by atoms with Crippen LogP contribution in [0.3, 0.4) is 0 Å². The molecule has 0 N–H and O–H groups in total. The van der Waals surface area contributed by atoms with Crippen LogP contribution in [0.4, 0.5) is 4.79 Å². The quantitative estimate of drug-likeness (QED) is 0.728. The predicted octanol–water partition coefficient (Wildman–Crippen LogP) is 1.93. The molecule has 0 unspecified atom stereocenters. The molecule has 2 aliphatic heterocycles. The molecule has 0 radical (unpaired) electrons. The number of Topliss-reactive ketones (excluding diaryl/α,β-unsaturated/α-hetero) is 2. The first-order valence-corrected chi connectivity index (χ1v) is 6.75. The number of rotatable bonds is 1. The zero-order valence-electron chi connectivity index (χ0n) is 11.9. The molecule has 3 fully saturated rings. The van der Waals surface area contributed by atoms with E-state index in [2.05, 4.69) is 0 Å². The molecule has 5 heteroatoms.